The van der Waals surface area contributed by atoms with Crippen LogP contribution in [-0.2, 0) is 19.6 Å². The second-order valence-electron chi connectivity index (χ2n) is 6.50. The largest absolute Gasteiger partial charge is 0.480 e. The fourth-order valence-corrected chi connectivity index (χ4v) is 4.96. The summed E-state index contributed by atoms with van der Waals surface area (Å²) in [6.45, 7) is 1.14. The Kier molecular flexibility index (Phi) is 6.82. The lowest BCUT2D eigenvalue weighted by molar-refractivity contribution is -0.142. The lowest BCUT2D eigenvalue weighted by atomic mass is 9.85. The van der Waals surface area contributed by atoms with Crippen molar-refractivity contribution < 1.29 is 23.1 Å². The van der Waals surface area contributed by atoms with Crippen LogP contribution in [0.4, 0.5) is 0 Å². The number of fused-ring (bicyclic) bond motifs is 1. The Morgan fingerprint density at radius 3 is 2.78 bits per heavy atom. The summed E-state index contributed by atoms with van der Waals surface area (Å²) >= 11 is 0. The van der Waals surface area contributed by atoms with Crippen molar-refractivity contribution in [2.45, 2.75) is 50.6 Å². The van der Waals surface area contributed by atoms with Gasteiger partial charge in [0, 0.05) is 32.8 Å². The highest BCUT2D eigenvalue weighted by Gasteiger charge is 2.44. The summed E-state index contributed by atoms with van der Waals surface area (Å²) < 4.78 is 31.2. The molecule has 2 rings (SSSR count). The van der Waals surface area contributed by atoms with Crippen molar-refractivity contribution >= 4 is 16.0 Å². The number of carboxylic acids is 1. The zero-order valence-electron chi connectivity index (χ0n) is 13.7. The highest BCUT2D eigenvalue weighted by molar-refractivity contribution is 7.89. The van der Waals surface area contributed by atoms with E-state index in [0.717, 1.165) is 19.3 Å². The van der Waals surface area contributed by atoms with Gasteiger partial charge in [-0.25, -0.2) is 13.1 Å². The number of likely N-dealkylation sites (tertiary alicyclic amines) is 1. The van der Waals surface area contributed by atoms with Gasteiger partial charge in [0.15, 0.2) is 0 Å². The summed E-state index contributed by atoms with van der Waals surface area (Å²) in [5.74, 6) is -0.305. The number of sulfonamides is 1. The minimum atomic E-state index is -3.32. The first-order valence-electron chi connectivity index (χ1n) is 8.39. The highest BCUT2D eigenvalue weighted by atomic mass is 32.2. The van der Waals surface area contributed by atoms with Gasteiger partial charge in [0.05, 0.1) is 5.75 Å². The van der Waals surface area contributed by atoms with Gasteiger partial charge in [-0.1, -0.05) is 12.8 Å². The van der Waals surface area contributed by atoms with Crippen molar-refractivity contribution in [1.29, 1.82) is 0 Å². The number of nitrogens with one attached hydrogen (secondary N) is 1. The molecule has 0 spiro atoms. The molecule has 3 atom stereocenters. The Bertz CT molecular complexity index is 496. The van der Waals surface area contributed by atoms with E-state index in [1.165, 1.54) is 6.42 Å². The number of aliphatic carboxylic acids is 1. The maximum atomic E-state index is 11.9. The second-order valence-corrected chi connectivity index (χ2v) is 8.43. The molecule has 1 aliphatic carbocycles. The van der Waals surface area contributed by atoms with Gasteiger partial charge < -0.3 is 9.84 Å². The molecule has 8 heteroatoms. The van der Waals surface area contributed by atoms with Crippen molar-refractivity contribution in [1.82, 2.24) is 9.62 Å². The van der Waals surface area contributed by atoms with E-state index < -0.39 is 22.0 Å². The molecule has 7 nitrogen and oxygen atoms in total. The van der Waals surface area contributed by atoms with Gasteiger partial charge in [-0.15, -0.1) is 0 Å². The second kappa shape index (κ2) is 8.41. The zero-order valence-corrected chi connectivity index (χ0v) is 14.6. The lowest BCUT2D eigenvalue weighted by Crippen LogP contribution is -2.46. The molecule has 1 heterocycles. The molecular weight excluding hydrogens is 320 g/mol. The van der Waals surface area contributed by atoms with Crippen LogP contribution in [0.25, 0.3) is 0 Å². The number of nitrogens with zero attached hydrogens (tertiary/aromatic N) is 1. The molecule has 2 fully saturated rings. The van der Waals surface area contributed by atoms with Crippen LogP contribution in [0.1, 0.15) is 38.5 Å². The Morgan fingerprint density at radius 2 is 2.09 bits per heavy atom. The normalized spacial score (nSPS) is 28.7. The topological polar surface area (TPSA) is 95.9 Å². The number of carboxylic acid groups (broad SMARTS) is 1. The summed E-state index contributed by atoms with van der Waals surface area (Å²) in [7, 11) is -1.77. The molecule has 0 bridgehead atoms. The van der Waals surface area contributed by atoms with Gasteiger partial charge in [0.25, 0.3) is 0 Å². The van der Waals surface area contributed by atoms with Crippen LogP contribution < -0.4 is 4.72 Å². The van der Waals surface area contributed by atoms with E-state index in [1.807, 2.05) is 4.90 Å². The van der Waals surface area contributed by atoms with Crippen LogP contribution in [-0.4, -0.2) is 69.0 Å². The van der Waals surface area contributed by atoms with Crippen LogP contribution in [0.3, 0.4) is 0 Å². The van der Waals surface area contributed by atoms with Gasteiger partial charge in [-0.3, -0.25) is 9.69 Å². The Morgan fingerprint density at radius 1 is 1.35 bits per heavy atom. The van der Waals surface area contributed by atoms with Crippen LogP contribution in [0.5, 0.6) is 0 Å². The summed E-state index contributed by atoms with van der Waals surface area (Å²) in [6, 6.07) is -0.177. The molecule has 0 aromatic carbocycles. The zero-order chi connectivity index (χ0) is 16.9. The average molecular weight is 348 g/mol. The van der Waals surface area contributed by atoms with Crippen molar-refractivity contribution in [3.63, 3.8) is 0 Å². The van der Waals surface area contributed by atoms with Crippen LogP contribution in [0.15, 0.2) is 0 Å². The molecular formula is C15H28N2O5S. The number of ether oxygens (including phenoxy) is 1. The van der Waals surface area contributed by atoms with Crippen LogP contribution in [0.2, 0.25) is 0 Å². The molecule has 1 saturated heterocycles. The molecule has 0 aromatic rings. The Hall–Kier alpha value is -0.700. The maximum absolute atomic E-state index is 11.9. The molecule has 1 aliphatic heterocycles. The molecule has 1 saturated carbocycles. The standard InChI is InChI=1S/C15H28N2O5S/c1-22-9-4-10-23(20,21)16-7-8-17-13-6-3-2-5-12(13)11-14(17)15(18)19/h12-14,16H,2-11H2,1H3,(H,18,19). The first-order chi connectivity index (χ1) is 10.9. The minimum Gasteiger partial charge on any atom is -0.480 e. The third kappa shape index (κ3) is 5.14. The van der Waals surface area contributed by atoms with E-state index in [4.69, 9.17) is 4.74 Å². The number of hydrogen-bond donors (Lipinski definition) is 2. The van der Waals surface area contributed by atoms with E-state index in [-0.39, 0.29) is 12.3 Å². The predicted molar refractivity (Wildman–Crippen MR) is 86.8 cm³/mol. The monoisotopic (exact) mass is 348 g/mol. The predicted octanol–water partition coefficient (Wildman–Crippen LogP) is 0.660. The molecule has 0 radical (unpaired) electrons. The number of hydrogen-bond acceptors (Lipinski definition) is 5. The number of rotatable bonds is 9. The van der Waals surface area contributed by atoms with E-state index in [1.54, 1.807) is 7.11 Å². The van der Waals surface area contributed by atoms with Gasteiger partial charge in [0.1, 0.15) is 6.04 Å². The minimum absolute atomic E-state index is 0.0370. The molecule has 0 aromatic heterocycles. The molecule has 23 heavy (non-hydrogen) atoms. The third-order valence-corrected chi connectivity index (χ3v) is 6.43. The molecule has 134 valence electrons. The number of methoxy groups -OCH3 is 1. The summed E-state index contributed by atoms with van der Waals surface area (Å²) in [5.41, 5.74) is 0. The van der Waals surface area contributed by atoms with E-state index in [9.17, 15) is 18.3 Å². The Balaban J connectivity index is 1.86. The molecule has 0 amide bonds. The lowest BCUT2D eigenvalue weighted by Gasteiger charge is -2.32. The SMILES string of the molecule is COCCCS(=O)(=O)NCCN1C(C(=O)O)CC2CCCCC21. The van der Waals surface area contributed by atoms with Crippen molar-refractivity contribution in [3.8, 4) is 0 Å². The van der Waals surface area contributed by atoms with Crippen molar-refractivity contribution in [3.05, 3.63) is 0 Å². The number of carbonyl (C=O) groups is 1. The molecule has 2 aliphatic rings. The Labute approximate surface area is 138 Å². The van der Waals surface area contributed by atoms with Crippen LogP contribution in [0, 0.1) is 5.92 Å². The van der Waals surface area contributed by atoms with Gasteiger partial charge >= 0.3 is 5.97 Å². The van der Waals surface area contributed by atoms with Crippen LogP contribution >= 0.6 is 0 Å². The summed E-state index contributed by atoms with van der Waals surface area (Å²) in [6.07, 6.45) is 5.57. The fraction of sp³-hybridized carbons (Fsp3) is 0.933. The molecule has 3 unspecified atom stereocenters. The highest BCUT2D eigenvalue weighted by Crippen LogP contribution is 2.39. The maximum Gasteiger partial charge on any atom is 0.320 e. The fourth-order valence-electron chi connectivity index (χ4n) is 3.91. The quantitative estimate of drug-likeness (QED) is 0.594. The van der Waals surface area contributed by atoms with E-state index in [0.29, 0.717) is 38.0 Å². The van der Waals surface area contributed by atoms with E-state index in [2.05, 4.69) is 4.72 Å². The first kappa shape index (κ1) is 18.6. The summed E-state index contributed by atoms with van der Waals surface area (Å²) in [4.78, 5) is 13.5. The van der Waals surface area contributed by atoms with Crippen molar-refractivity contribution in [2.75, 3.05) is 32.6 Å². The smallest absolute Gasteiger partial charge is 0.320 e. The van der Waals surface area contributed by atoms with Gasteiger partial charge in [0.2, 0.25) is 10.0 Å². The first-order valence-corrected chi connectivity index (χ1v) is 10.0. The molecule has 2 N–H and O–H groups in total. The van der Waals surface area contributed by atoms with Crippen molar-refractivity contribution in [2.24, 2.45) is 5.92 Å². The van der Waals surface area contributed by atoms with Gasteiger partial charge in [-0.2, -0.15) is 0 Å². The third-order valence-electron chi connectivity index (χ3n) is 4.96. The van der Waals surface area contributed by atoms with Gasteiger partial charge in [-0.05, 0) is 31.6 Å². The average Bonchev–Trinajstić information content (AvgIpc) is 2.86. The van der Waals surface area contributed by atoms with E-state index >= 15 is 0 Å². The summed E-state index contributed by atoms with van der Waals surface area (Å²) in [5, 5.41) is 9.44.